The minimum atomic E-state index is 0.196. The number of aryl methyl sites for hydroxylation is 2. The van der Waals surface area contributed by atoms with Crippen molar-refractivity contribution in [3.05, 3.63) is 23.3 Å². The van der Waals surface area contributed by atoms with Crippen LogP contribution in [-0.2, 0) is 6.42 Å². The van der Waals surface area contributed by atoms with Crippen LogP contribution in [0.2, 0.25) is 0 Å². The van der Waals surface area contributed by atoms with Gasteiger partial charge >= 0.3 is 0 Å². The SMILES string of the molecule is COc1cc(CCCN)c(C)cc1O. The maximum atomic E-state index is 9.49. The maximum absolute atomic E-state index is 9.49. The zero-order chi connectivity index (χ0) is 10.6. The van der Waals surface area contributed by atoms with Crippen LogP contribution in [0.3, 0.4) is 0 Å². The first-order valence-electron chi connectivity index (χ1n) is 4.75. The molecule has 1 aromatic rings. The van der Waals surface area contributed by atoms with Crippen molar-refractivity contribution in [3.8, 4) is 11.5 Å². The molecule has 0 aromatic heterocycles. The summed E-state index contributed by atoms with van der Waals surface area (Å²) in [6.45, 7) is 2.66. The Morgan fingerprint density at radius 3 is 2.71 bits per heavy atom. The van der Waals surface area contributed by atoms with Crippen molar-refractivity contribution in [2.75, 3.05) is 13.7 Å². The molecule has 0 aliphatic rings. The van der Waals surface area contributed by atoms with Crippen LogP contribution in [0.5, 0.6) is 11.5 Å². The molecule has 0 radical (unpaired) electrons. The number of aromatic hydroxyl groups is 1. The maximum Gasteiger partial charge on any atom is 0.160 e. The van der Waals surface area contributed by atoms with E-state index in [0.717, 1.165) is 18.4 Å². The Morgan fingerprint density at radius 2 is 2.14 bits per heavy atom. The van der Waals surface area contributed by atoms with Gasteiger partial charge in [0.2, 0.25) is 0 Å². The second-order valence-electron chi connectivity index (χ2n) is 3.34. The van der Waals surface area contributed by atoms with Crippen molar-refractivity contribution < 1.29 is 9.84 Å². The molecule has 0 aliphatic heterocycles. The van der Waals surface area contributed by atoms with E-state index >= 15 is 0 Å². The summed E-state index contributed by atoms with van der Waals surface area (Å²) in [6, 6.07) is 3.60. The molecule has 0 saturated heterocycles. The van der Waals surface area contributed by atoms with Crippen molar-refractivity contribution in [2.24, 2.45) is 5.73 Å². The molecule has 0 spiro atoms. The summed E-state index contributed by atoms with van der Waals surface area (Å²) in [5, 5.41) is 9.49. The van der Waals surface area contributed by atoms with E-state index < -0.39 is 0 Å². The van der Waals surface area contributed by atoms with Crippen LogP contribution in [0, 0.1) is 6.92 Å². The predicted molar refractivity (Wildman–Crippen MR) is 56.8 cm³/mol. The molecule has 3 N–H and O–H groups in total. The number of phenols is 1. The highest BCUT2D eigenvalue weighted by atomic mass is 16.5. The summed E-state index contributed by atoms with van der Waals surface area (Å²) in [6.07, 6.45) is 1.88. The van der Waals surface area contributed by atoms with E-state index in [9.17, 15) is 5.11 Å². The summed E-state index contributed by atoms with van der Waals surface area (Å²) < 4.78 is 5.04. The summed E-state index contributed by atoms with van der Waals surface area (Å²) in [5.41, 5.74) is 7.71. The van der Waals surface area contributed by atoms with Crippen LogP contribution < -0.4 is 10.5 Å². The molecule has 0 unspecified atom stereocenters. The van der Waals surface area contributed by atoms with Gasteiger partial charge in [-0.05, 0) is 49.6 Å². The van der Waals surface area contributed by atoms with Crippen molar-refractivity contribution >= 4 is 0 Å². The van der Waals surface area contributed by atoms with E-state index in [4.69, 9.17) is 10.5 Å². The molecular weight excluding hydrogens is 178 g/mol. The molecule has 78 valence electrons. The molecule has 1 rings (SSSR count). The first kappa shape index (κ1) is 10.9. The second kappa shape index (κ2) is 4.86. The Bertz CT molecular complexity index is 310. The molecule has 14 heavy (non-hydrogen) atoms. The molecule has 0 atom stereocenters. The minimum absolute atomic E-state index is 0.196. The Hall–Kier alpha value is -1.22. The fourth-order valence-corrected chi connectivity index (χ4v) is 1.44. The number of hydrogen-bond acceptors (Lipinski definition) is 3. The molecule has 0 heterocycles. The third-order valence-electron chi connectivity index (χ3n) is 2.29. The average molecular weight is 195 g/mol. The Morgan fingerprint density at radius 1 is 1.43 bits per heavy atom. The lowest BCUT2D eigenvalue weighted by atomic mass is 10.0. The van der Waals surface area contributed by atoms with Crippen molar-refractivity contribution in [1.82, 2.24) is 0 Å². The van der Waals surface area contributed by atoms with E-state index in [2.05, 4.69) is 0 Å². The lowest BCUT2D eigenvalue weighted by molar-refractivity contribution is 0.372. The summed E-state index contributed by atoms with van der Waals surface area (Å²) in [7, 11) is 1.55. The van der Waals surface area contributed by atoms with Gasteiger partial charge in [-0.3, -0.25) is 0 Å². The first-order chi connectivity index (χ1) is 6.69. The first-order valence-corrected chi connectivity index (χ1v) is 4.75. The smallest absolute Gasteiger partial charge is 0.160 e. The highest BCUT2D eigenvalue weighted by Gasteiger charge is 2.06. The fourth-order valence-electron chi connectivity index (χ4n) is 1.44. The van der Waals surface area contributed by atoms with E-state index in [1.807, 2.05) is 13.0 Å². The quantitative estimate of drug-likeness (QED) is 0.767. The fraction of sp³-hybridized carbons (Fsp3) is 0.455. The van der Waals surface area contributed by atoms with Gasteiger partial charge in [-0.25, -0.2) is 0 Å². The van der Waals surface area contributed by atoms with Crippen molar-refractivity contribution in [1.29, 1.82) is 0 Å². The monoisotopic (exact) mass is 195 g/mol. The van der Waals surface area contributed by atoms with Gasteiger partial charge in [-0.2, -0.15) is 0 Å². The van der Waals surface area contributed by atoms with Gasteiger partial charge in [0.25, 0.3) is 0 Å². The number of rotatable bonds is 4. The van der Waals surface area contributed by atoms with Crippen LogP contribution in [0.1, 0.15) is 17.5 Å². The van der Waals surface area contributed by atoms with E-state index in [0.29, 0.717) is 12.3 Å². The lowest BCUT2D eigenvalue weighted by Crippen LogP contribution is -2.01. The summed E-state index contributed by atoms with van der Waals surface area (Å²) in [5.74, 6) is 0.726. The van der Waals surface area contributed by atoms with Gasteiger partial charge < -0.3 is 15.6 Å². The van der Waals surface area contributed by atoms with E-state index in [1.165, 1.54) is 5.56 Å². The summed E-state index contributed by atoms with van der Waals surface area (Å²) >= 11 is 0. The Labute approximate surface area is 84.5 Å². The predicted octanol–water partition coefficient (Wildman–Crippen LogP) is 1.60. The molecule has 0 saturated carbocycles. The zero-order valence-corrected chi connectivity index (χ0v) is 8.71. The number of methoxy groups -OCH3 is 1. The third kappa shape index (κ3) is 2.39. The summed E-state index contributed by atoms with van der Waals surface area (Å²) in [4.78, 5) is 0. The number of hydrogen-bond donors (Lipinski definition) is 2. The Kier molecular flexibility index (Phi) is 3.77. The van der Waals surface area contributed by atoms with Crippen LogP contribution in [0.25, 0.3) is 0 Å². The second-order valence-corrected chi connectivity index (χ2v) is 3.34. The Balaban J connectivity index is 2.92. The number of ether oxygens (including phenoxy) is 1. The average Bonchev–Trinajstić information content (AvgIpc) is 2.17. The van der Waals surface area contributed by atoms with E-state index in [-0.39, 0.29) is 5.75 Å². The molecule has 0 aliphatic carbocycles. The normalized spacial score (nSPS) is 10.2. The minimum Gasteiger partial charge on any atom is -0.504 e. The van der Waals surface area contributed by atoms with Crippen LogP contribution in [0.15, 0.2) is 12.1 Å². The largest absolute Gasteiger partial charge is 0.504 e. The van der Waals surface area contributed by atoms with Crippen molar-refractivity contribution in [2.45, 2.75) is 19.8 Å². The standard InChI is InChI=1S/C11H17NO2/c1-8-6-10(13)11(14-2)7-9(8)4-3-5-12/h6-7,13H,3-5,12H2,1-2H3. The van der Waals surface area contributed by atoms with Gasteiger partial charge in [-0.15, -0.1) is 0 Å². The van der Waals surface area contributed by atoms with Crippen LogP contribution >= 0.6 is 0 Å². The third-order valence-corrected chi connectivity index (χ3v) is 2.29. The highest BCUT2D eigenvalue weighted by Crippen LogP contribution is 2.29. The topological polar surface area (TPSA) is 55.5 Å². The molecule has 0 fully saturated rings. The van der Waals surface area contributed by atoms with Crippen molar-refractivity contribution in [3.63, 3.8) is 0 Å². The molecule has 1 aromatic carbocycles. The molecule has 0 bridgehead atoms. The van der Waals surface area contributed by atoms with Gasteiger partial charge in [0.05, 0.1) is 7.11 Å². The van der Waals surface area contributed by atoms with Gasteiger partial charge in [0, 0.05) is 0 Å². The molecular formula is C11H17NO2. The molecule has 0 amide bonds. The van der Waals surface area contributed by atoms with Gasteiger partial charge in [-0.1, -0.05) is 0 Å². The molecule has 3 nitrogen and oxygen atoms in total. The lowest BCUT2D eigenvalue weighted by Gasteiger charge is -2.09. The highest BCUT2D eigenvalue weighted by molar-refractivity contribution is 5.46. The molecule has 3 heteroatoms. The van der Waals surface area contributed by atoms with Gasteiger partial charge in [0.15, 0.2) is 11.5 Å². The number of benzene rings is 1. The number of nitrogens with two attached hydrogens (primary N) is 1. The van der Waals surface area contributed by atoms with Crippen LogP contribution in [0.4, 0.5) is 0 Å². The van der Waals surface area contributed by atoms with E-state index in [1.54, 1.807) is 13.2 Å². The number of phenolic OH excluding ortho intramolecular Hbond substituents is 1. The van der Waals surface area contributed by atoms with Crippen LogP contribution in [-0.4, -0.2) is 18.8 Å². The zero-order valence-electron chi connectivity index (χ0n) is 8.71. The van der Waals surface area contributed by atoms with Gasteiger partial charge in [0.1, 0.15) is 0 Å².